The summed E-state index contributed by atoms with van der Waals surface area (Å²) < 4.78 is 11.1. The predicted octanol–water partition coefficient (Wildman–Crippen LogP) is 23.2. The zero-order chi connectivity index (χ0) is 77.5. The van der Waals surface area contributed by atoms with Crippen LogP contribution in [0, 0.1) is 0 Å². The lowest BCUT2D eigenvalue weighted by atomic mass is 9.99. The van der Waals surface area contributed by atoms with Crippen LogP contribution in [0.25, 0.3) is 196 Å². The van der Waals surface area contributed by atoms with Gasteiger partial charge in [0, 0.05) is 162 Å². The lowest BCUT2D eigenvalue weighted by Crippen LogP contribution is -2.01. The summed E-state index contributed by atoms with van der Waals surface area (Å²) in [5.74, 6) is 3.58. The highest BCUT2D eigenvalue weighted by Gasteiger charge is 2.21. The van der Waals surface area contributed by atoms with Crippen LogP contribution in [0.15, 0.2) is 402 Å². The van der Waals surface area contributed by atoms with Gasteiger partial charge in [0.2, 0.25) is 0 Å². The van der Waals surface area contributed by atoms with E-state index >= 15 is 0 Å². The van der Waals surface area contributed by atoms with E-state index in [4.69, 9.17) is 24.9 Å². The number of benzene rings is 11. The molecule has 0 aliphatic rings. The van der Waals surface area contributed by atoms with Crippen LogP contribution in [-0.4, -0.2) is 77.3 Å². The average Bonchev–Trinajstić information content (AvgIpc) is 1.60. The third-order valence-corrected chi connectivity index (χ3v) is 21.4. The number of hydrogen-bond acceptors (Lipinski definition) is 11. The van der Waals surface area contributed by atoms with Gasteiger partial charge in [-0.25, -0.2) is 49.8 Å². The smallest absolute Gasteiger partial charge is 0.182 e. The van der Waals surface area contributed by atoms with Crippen LogP contribution >= 0.6 is 0 Å². The van der Waals surface area contributed by atoms with Crippen molar-refractivity contribution in [2.24, 2.45) is 0 Å². The van der Waals surface area contributed by atoms with Crippen LogP contribution in [0.1, 0.15) is 0 Å². The Morgan fingerprint density at radius 2 is 0.538 bits per heavy atom. The van der Waals surface area contributed by atoms with Crippen molar-refractivity contribution >= 4 is 76.6 Å². The first-order valence-corrected chi connectivity index (χ1v) is 38.6. The summed E-state index contributed by atoms with van der Waals surface area (Å²) >= 11 is 0. The maximum absolute atomic E-state index is 4.80. The second-order valence-corrected chi connectivity index (χ2v) is 28.4. The largest absolute Gasteiger partial charge is 0.323 e. The Kier molecular flexibility index (Phi) is 17.5. The molecule has 12 heterocycles. The molecule has 16 nitrogen and oxygen atoms in total. The third kappa shape index (κ3) is 12.9. The second kappa shape index (κ2) is 29.7. The monoisotopic (exact) mass is 1500 g/mol. The lowest BCUT2D eigenvalue weighted by molar-refractivity contribution is 1.05. The molecule has 0 amide bonds. The average molecular weight is 1500 g/mol. The number of fused-ring (bicyclic) bond motifs is 11. The minimum atomic E-state index is 0.489. The van der Waals surface area contributed by atoms with Crippen molar-refractivity contribution in [2.75, 3.05) is 0 Å². The highest BCUT2D eigenvalue weighted by molar-refractivity contribution is 6.11. The molecule has 23 aromatic rings. The van der Waals surface area contributed by atoms with Crippen LogP contribution in [0.5, 0.6) is 0 Å². The van der Waals surface area contributed by atoms with E-state index < -0.39 is 0 Å². The Morgan fingerprint density at radius 3 is 0.966 bits per heavy atom. The first-order valence-electron chi connectivity index (χ1n) is 38.6. The van der Waals surface area contributed by atoms with Gasteiger partial charge in [-0.15, -0.1) is 0 Å². The van der Waals surface area contributed by atoms with Gasteiger partial charge in [-0.3, -0.25) is 4.98 Å². The van der Waals surface area contributed by atoms with Gasteiger partial charge in [0.05, 0.1) is 49.9 Å². The minimum Gasteiger partial charge on any atom is -0.323 e. The van der Waals surface area contributed by atoms with Crippen molar-refractivity contribution in [1.29, 1.82) is 0 Å². The van der Waals surface area contributed by atoms with E-state index in [2.05, 4.69) is 315 Å². The van der Waals surface area contributed by atoms with Gasteiger partial charge in [0.15, 0.2) is 34.9 Å². The summed E-state index contributed by atoms with van der Waals surface area (Å²) in [5, 5.41) is 7.51. The molecular weight excluding hydrogens is 1440 g/mol. The van der Waals surface area contributed by atoms with Gasteiger partial charge in [0.25, 0.3) is 0 Å². The molecule has 0 aliphatic heterocycles. The Bertz CT molecular complexity index is 7320. The zero-order valence-corrected chi connectivity index (χ0v) is 62.8. The normalized spacial score (nSPS) is 11.4. The molecule has 0 saturated heterocycles. The van der Waals surface area contributed by atoms with Gasteiger partial charge in [-0.1, -0.05) is 188 Å². The molecule has 0 aliphatic carbocycles. The van der Waals surface area contributed by atoms with E-state index in [1.165, 1.54) is 76.5 Å². The van der Waals surface area contributed by atoms with Crippen molar-refractivity contribution in [3.8, 4) is 119 Å². The number of nitrogens with zero attached hydrogens (tertiary/aromatic N) is 16. The molecule has 0 atom stereocenters. The third-order valence-electron chi connectivity index (χ3n) is 21.4. The number of pyridine rings is 3. The molecule has 16 heteroatoms. The quantitative estimate of drug-likeness (QED) is 0.114. The summed E-state index contributed by atoms with van der Waals surface area (Å²) in [6.45, 7) is 0. The summed E-state index contributed by atoms with van der Waals surface area (Å²) in [6, 6.07) is 115. The van der Waals surface area contributed by atoms with E-state index in [1.54, 1.807) is 18.6 Å². The maximum atomic E-state index is 4.80. The lowest BCUT2D eigenvalue weighted by Gasteiger charge is -2.09. The maximum Gasteiger partial charge on any atom is 0.182 e. The molecule has 11 aromatic carbocycles. The van der Waals surface area contributed by atoms with Crippen molar-refractivity contribution in [2.45, 2.75) is 0 Å². The standard InChI is InChI=1S/C36H23N7.C36H24N4.C29H19N5/c1-2-10-24(11-3-1)34-40-35(42-36(41-34)30-14-8-9-21-37-30)26-22-38-33(39-23-26)25-17-19-27(20-18-25)43-31-15-6-4-12-28(31)29-13-5-7-16-32(29)43;1-2-10-25(11-3-1)35-31(24-39-21-9-8-16-34(35)39)27-22-37-36(38-23-27)26-17-19-28(20-18-26)40-32-14-6-4-12-29(32)30-13-5-7-15-33(30)40;1-3-9-26-23(7-1)24-8-2-4-10-27(24)34(26)22-14-12-20(13-15-22)29-30-17-21(18-31-29)25-19-33-16-6-5-11-28(33)32-25/h1-23H;1-24H;1-19H. The van der Waals surface area contributed by atoms with Crippen LogP contribution in [-0.2, 0) is 0 Å². The Morgan fingerprint density at radius 1 is 0.197 bits per heavy atom. The van der Waals surface area contributed by atoms with Gasteiger partial charge in [0.1, 0.15) is 11.3 Å². The van der Waals surface area contributed by atoms with Crippen LogP contribution in [0.2, 0.25) is 0 Å². The molecule has 0 saturated carbocycles. The van der Waals surface area contributed by atoms with E-state index in [9.17, 15) is 0 Å². The fourth-order valence-electron chi connectivity index (χ4n) is 15.9. The van der Waals surface area contributed by atoms with Crippen LogP contribution in [0.4, 0.5) is 0 Å². The fourth-order valence-corrected chi connectivity index (χ4v) is 15.9. The first-order chi connectivity index (χ1) is 58.0. The minimum absolute atomic E-state index is 0.489. The molecular formula is C101H66N16. The number of imidazole rings is 1. The SMILES string of the molecule is c1ccc(-c2c(-c3cnc(-c4ccc(-n5c6ccccc6c6ccccc65)cc4)nc3)cn3ccccc23)cc1.c1ccc(-c2nc(-c3cnc(-c4ccc(-n5c6ccccc6c6ccccc65)cc4)nc3)nc(-c3ccccn3)n2)cc1.c1ccc2c(c1)c1ccccc1n2-c1ccc(-c2ncc(-c3cn4ccccc4n3)cn2)cc1. The highest BCUT2D eigenvalue weighted by atomic mass is 15.1. The highest BCUT2D eigenvalue weighted by Crippen LogP contribution is 2.40. The molecule has 0 fully saturated rings. The van der Waals surface area contributed by atoms with Crippen molar-refractivity contribution < 1.29 is 0 Å². The summed E-state index contributed by atoms with van der Waals surface area (Å²) in [4.78, 5) is 51.5. The Hall–Kier alpha value is -16.3. The first kappa shape index (κ1) is 68.7. The van der Waals surface area contributed by atoms with Gasteiger partial charge < -0.3 is 22.5 Å². The summed E-state index contributed by atoms with van der Waals surface area (Å²) in [7, 11) is 0. The predicted molar refractivity (Wildman–Crippen MR) is 469 cm³/mol. The Balaban J connectivity index is 0.000000110. The van der Waals surface area contributed by atoms with Crippen LogP contribution in [0.3, 0.4) is 0 Å². The van der Waals surface area contributed by atoms with E-state index in [0.29, 0.717) is 46.2 Å². The zero-order valence-electron chi connectivity index (χ0n) is 62.8. The second-order valence-electron chi connectivity index (χ2n) is 28.4. The molecule has 23 rings (SSSR count). The number of rotatable bonds is 12. The summed E-state index contributed by atoms with van der Waals surface area (Å²) in [5.41, 5.74) is 23.9. The van der Waals surface area contributed by atoms with Crippen LogP contribution < -0.4 is 0 Å². The van der Waals surface area contributed by atoms with Gasteiger partial charge >= 0.3 is 0 Å². The van der Waals surface area contributed by atoms with E-state index in [1.807, 2.05) is 120 Å². The molecule has 0 unspecified atom stereocenters. The molecule has 117 heavy (non-hydrogen) atoms. The molecule has 0 radical (unpaired) electrons. The molecule has 550 valence electrons. The molecule has 0 N–H and O–H groups in total. The van der Waals surface area contributed by atoms with Gasteiger partial charge in [-0.2, -0.15) is 0 Å². The van der Waals surface area contributed by atoms with Crippen molar-refractivity contribution in [3.63, 3.8) is 0 Å². The molecule has 12 aromatic heterocycles. The number of para-hydroxylation sites is 6. The number of hydrogen-bond donors (Lipinski definition) is 0. The molecule has 0 bridgehead atoms. The van der Waals surface area contributed by atoms with Gasteiger partial charge in [-0.05, 0) is 151 Å². The van der Waals surface area contributed by atoms with E-state index in [0.717, 1.165) is 72.9 Å². The molecule has 0 spiro atoms. The van der Waals surface area contributed by atoms with Crippen molar-refractivity contribution in [1.82, 2.24) is 77.3 Å². The van der Waals surface area contributed by atoms with E-state index in [-0.39, 0.29) is 0 Å². The Labute approximate surface area is 670 Å². The fraction of sp³-hybridized carbons (Fsp3) is 0. The number of aromatic nitrogens is 16. The summed E-state index contributed by atoms with van der Waals surface area (Å²) in [6.07, 6.45) is 21.0. The topological polar surface area (TPSA) is 165 Å². The van der Waals surface area contributed by atoms with Crippen molar-refractivity contribution in [3.05, 3.63) is 402 Å².